The summed E-state index contributed by atoms with van der Waals surface area (Å²) in [5, 5.41) is 114. The van der Waals surface area contributed by atoms with Gasteiger partial charge in [0.1, 0.15) is 79.5 Å². The summed E-state index contributed by atoms with van der Waals surface area (Å²) in [5.41, 5.74) is 0.466. The van der Waals surface area contributed by atoms with Crippen LogP contribution in [0.2, 0.25) is 0 Å². The molecule has 3 saturated heterocycles. The van der Waals surface area contributed by atoms with Crippen molar-refractivity contribution in [1.29, 1.82) is 0 Å². The van der Waals surface area contributed by atoms with E-state index >= 15 is 0 Å². The highest BCUT2D eigenvalue weighted by molar-refractivity contribution is 5.91. The van der Waals surface area contributed by atoms with Crippen molar-refractivity contribution in [3.8, 4) is 5.75 Å². The summed E-state index contributed by atoms with van der Waals surface area (Å²) in [4.78, 5) is 53.6. The van der Waals surface area contributed by atoms with Gasteiger partial charge in [-0.1, -0.05) is 24.3 Å². The van der Waals surface area contributed by atoms with Crippen LogP contribution in [0.3, 0.4) is 0 Å². The average molecular weight is 1070 g/mol. The first kappa shape index (κ1) is 59.1. The van der Waals surface area contributed by atoms with E-state index in [1.165, 1.54) is 38.1 Å². The topological polar surface area (TPSA) is 402 Å². The van der Waals surface area contributed by atoms with Gasteiger partial charge in [-0.15, -0.1) is 0 Å². The number of hydrogen-bond donors (Lipinski definition) is 11. The molecule has 0 aromatic heterocycles. The molecule has 0 aliphatic carbocycles. The molecular formula is C48H64O27. The van der Waals surface area contributed by atoms with Crippen LogP contribution >= 0.6 is 0 Å². The first-order valence-electron chi connectivity index (χ1n) is 23.7. The smallest absolute Gasteiger partial charge is 0.337 e. The monoisotopic (exact) mass is 1070 g/mol. The van der Waals surface area contributed by atoms with Gasteiger partial charge in [0, 0.05) is 23.0 Å². The minimum Gasteiger partial charge on any atom is -0.508 e. The summed E-state index contributed by atoms with van der Waals surface area (Å²) in [7, 11) is 2.14. The largest absolute Gasteiger partial charge is 0.508 e. The maximum atomic E-state index is 14.0. The molecule has 1 aromatic rings. The van der Waals surface area contributed by atoms with Crippen LogP contribution < -0.4 is 0 Å². The van der Waals surface area contributed by atoms with E-state index in [1.807, 2.05) is 0 Å². The van der Waals surface area contributed by atoms with Gasteiger partial charge in [0.2, 0.25) is 12.6 Å². The molecule has 0 radical (unpaired) electrons. The number of phenols is 1. The van der Waals surface area contributed by atoms with E-state index in [2.05, 4.69) is 0 Å². The molecule has 75 heavy (non-hydrogen) atoms. The summed E-state index contributed by atoms with van der Waals surface area (Å²) >= 11 is 0. The van der Waals surface area contributed by atoms with Gasteiger partial charge in [-0.2, -0.15) is 0 Å². The molecule has 3 fully saturated rings. The number of esters is 4. The van der Waals surface area contributed by atoms with Gasteiger partial charge in [-0.3, -0.25) is 9.59 Å². The van der Waals surface area contributed by atoms with E-state index in [0.29, 0.717) is 5.56 Å². The van der Waals surface area contributed by atoms with Crippen molar-refractivity contribution in [2.24, 2.45) is 11.8 Å². The molecule has 6 rings (SSSR count). The molecule has 0 saturated carbocycles. The third kappa shape index (κ3) is 13.7. The highest BCUT2D eigenvalue weighted by Crippen LogP contribution is 2.39. The Morgan fingerprint density at radius 2 is 1.04 bits per heavy atom. The van der Waals surface area contributed by atoms with Gasteiger partial charge < -0.3 is 113 Å². The maximum Gasteiger partial charge on any atom is 0.337 e. The first-order valence-corrected chi connectivity index (χ1v) is 23.7. The van der Waals surface area contributed by atoms with Crippen molar-refractivity contribution < 1.29 is 132 Å². The number of rotatable bonds is 19. The summed E-state index contributed by atoms with van der Waals surface area (Å²) in [6, 6.07) is 6.08. The number of aromatic hydroxyl groups is 1. The second-order valence-electron chi connectivity index (χ2n) is 17.8. The molecule has 5 heterocycles. The van der Waals surface area contributed by atoms with Crippen molar-refractivity contribution in [3.63, 3.8) is 0 Å². The van der Waals surface area contributed by atoms with Crippen LogP contribution in [0.4, 0.5) is 0 Å². The van der Waals surface area contributed by atoms with Crippen LogP contribution in [0, 0.1) is 11.8 Å². The quantitative estimate of drug-likeness (QED) is 0.0360. The lowest BCUT2D eigenvalue weighted by atomic mass is 9.86. The van der Waals surface area contributed by atoms with E-state index < -0.39 is 173 Å². The fourth-order valence-corrected chi connectivity index (χ4v) is 8.88. The molecule has 418 valence electrons. The molecule has 27 heteroatoms. The number of aliphatic hydroxyl groups excluding tert-OH is 10. The zero-order valence-electron chi connectivity index (χ0n) is 41.0. The van der Waals surface area contributed by atoms with Gasteiger partial charge in [-0.05, 0) is 38.0 Å². The van der Waals surface area contributed by atoms with Crippen LogP contribution in [-0.4, -0.2) is 225 Å². The second-order valence-corrected chi connectivity index (χ2v) is 17.8. The number of benzene rings is 1. The van der Waals surface area contributed by atoms with Crippen LogP contribution in [0.15, 0.2) is 71.2 Å². The van der Waals surface area contributed by atoms with E-state index in [4.69, 9.17) is 56.8 Å². The van der Waals surface area contributed by atoms with Gasteiger partial charge in [0.25, 0.3) is 0 Å². The van der Waals surface area contributed by atoms with Crippen molar-refractivity contribution in [2.75, 3.05) is 40.6 Å². The molecule has 5 aliphatic heterocycles. The Morgan fingerprint density at radius 1 is 0.587 bits per heavy atom. The summed E-state index contributed by atoms with van der Waals surface area (Å²) in [6.45, 7) is 0.552. The van der Waals surface area contributed by atoms with Gasteiger partial charge in [-0.25, -0.2) is 9.59 Å². The standard InChI is InChI=1S/C48H64O27/c1-5-22-24(26(42(62)64-3)17-68-44(22)74-46-39(60)36(57)33(54)28(15-49)70-46)13-31(52)67-19-30-35(56)38(59)41(48(72-30)66-12-11-20-7-9-21(51)10-8-20)73-32(53)14-25-23(6-2)45(69-18-27(25)43(63)65-4)75-47-40(61)37(58)34(55)29(16-50)71-47/h5-10,17-18,24-25,28-30,33-41,44-51,54-61H,11-16,19H2,1-4H3. The molecule has 1 aromatic carbocycles. The molecule has 19 atom stereocenters. The number of allylic oxidation sites excluding steroid dienone is 2. The number of phenolic OH excluding ortho intramolecular Hbond substituents is 1. The van der Waals surface area contributed by atoms with E-state index in [-0.39, 0.29) is 41.1 Å². The third-order valence-electron chi connectivity index (χ3n) is 13.1. The predicted octanol–water partition coefficient (Wildman–Crippen LogP) is -3.78. The van der Waals surface area contributed by atoms with E-state index in [0.717, 1.165) is 26.7 Å². The number of carbonyl (C=O) groups is 4. The van der Waals surface area contributed by atoms with Crippen LogP contribution in [0.25, 0.3) is 0 Å². The van der Waals surface area contributed by atoms with Gasteiger partial charge >= 0.3 is 23.9 Å². The molecule has 5 aliphatic rings. The van der Waals surface area contributed by atoms with Crippen molar-refractivity contribution in [1.82, 2.24) is 0 Å². The zero-order valence-corrected chi connectivity index (χ0v) is 41.0. The van der Waals surface area contributed by atoms with Gasteiger partial charge in [0.05, 0.1) is 70.6 Å². The Kier molecular flexibility index (Phi) is 21.1. The van der Waals surface area contributed by atoms with Crippen LogP contribution in [-0.2, 0) is 82.4 Å². The van der Waals surface area contributed by atoms with E-state index in [1.54, 1.807) is 12.1 Å². The fraction of sp³-hybridized carbons (Fsp3) is 0.625. The van der Waals surface area contributed by atoms with Crippen LogP contribution in [0.5, 0.6) is 5.75 Å². The Labute approximate surface area is 428 Å². The third-order valence-corrected chi connectivity index (χ3v) is 13.1. The van der Waals surface area contributed by atoms with Crippen LogP contribution in [0.1, 0.15) is 32.3 Å². The Hall–Kier alpha value is -5.18. The van der Waals surface area contributed by atoms with Gasteiger partial charge in [0.15, 0.2) is 25.0 Å². The van der Waals surface area contributed by atoms with Crippen molar-refractivity contribution in [3.05, 3.63) is 76.8 Å². The lowest BCUT2D eigenvalue weighted by Gasteiger charge is -2.42. The Balaban J connectivity index is 1.17. The highest BCUT2D eigenvalue weighted by atomic mass is 16.8. The summed E-state index contributed by atoms with van der Waals surface area (Å²) in [5.74, 6) is -6.43. The predicted molar refractivity (Wildman–Crippen MR) is 243 cm³/mol. The highest BCUT2D eigenvalue weighted by Gasteiger charge is 2.51. The number of hydrogen-bond acceptors (Lipinski definition) is 27. The SMILES string of the molecule is CC=C1C(OC2OC(CO)C(O)C(O)C2O)OC=C(C(=O)OC)C1CC(=O)OCC1OC(OCCc2ccc(O)cc2)C(OC(=O)CC2C(C(=O)OC)=COC(OC3OC(CO)C(O)C(O)C3O)C2=CC)C(O)C1O. The van der Waals surface area contributed by atoms with Crippen molar-refractivity contribution in [2.45, 2.75) is 138 Å². The zero-order chi connectivity index (χ0) is 54.8. The molecule has 0 bridgehead atoms. The molecule has 0 amide bonds. The van der Waals surface area contributed by atoms with Crippen molar-refractivity contribution >= 4 is 23.9 Å². The normalized spacial score (nSPS) is 37.1. The lowest BCUT2D eigenvalue weighted by Crippen LogP contribution is -2.61. The number of ether oxygens (including phenoxy) is 12. The second kappa shape index (κ2) is 26.7. The molecule has 19 unspecified atom stereocenters. The van der Waals surface area contributed by atoms with E-state index in [9.17, 15) is 75.3 Å². The fourth-order valence-electron chi connectivity index (χ4n) is 8.88. The number of carbonyl (C=O) groups excluding carboxylic acids is 4. The molecule has 27 nitrogen and oxygen atoms in total. The average Bonchev–Trinajstić information content (AvgIpc) is 3.40. The molecular weight excluding hydrogens is 1010 g/mol. The Bertz CT molecular complexity index is 2230. The summed E-state index contributed by atoms with van der Waals surface area (Å²) < 4.78 is 66.8. The minimum absolute atomic E-state index is 0.00290. The maximum absolute atomic E-state index is 14.0. The lowest BCUT2D eigenvalue weighted by molar-refractivity contribution is -0.327. The summed E-state index contributed by atoms with van der Waals surface area (Å²) in [6.07, 6.45) is -25.2. The minimum atomic E-state index is -2.00. The molecule has 0 spiro atoms. The molecule has 11 N–H and O–H groups in total. The Morgan fingerprint density at radius 3 is 1.49 bits per heavy atom. The number of methoxy groups -OCH3 is 2. The first-order chi connectivity index (χ1) is 35.8. The number of aliphatic hydroxyl groups is 10.